The number of hydrogen-bond donors (Lipinski definition) is 1. The van der Waals surface area contributed by atoms with Gasteiger partial charge < -0.3 is 0 Å². The SMILES string of the molecule is CCCC=C(NOC)c1ccc(F)cc1. The van der Waals surface area contributed by atoms with Gasteiger partial charge in [-0.3, -0.25) is 10.3 Å². The number of rotatable bonds is 5. The number of hydroxylamine groups is 1. The third-order valence-electron chi connectivity index (χ3n) is 2.00. The van der Waals surface area contributed by atoms with E-state index in [9.17, 15) is 4.39 Å². The molecule has 3 heteroatoms. The number of allylic oxidation sites excluding steroid dienone is 1. The van der Waals surface area contributed by atoms with Crippen molar-refractivity contribution in [2.45, 2.75) is 19.8 Å². The van der Waals surface area contributed by atoms with Crippen LogP contribution in [0, 0.1) is 5.82 Å². The number of benzene rings is 1. The molecule has 0 saturated carbocycles. The van der Waals surface area contributed by atoms with Crippen LogP contribution in [0.4, 0.5) is 4.39 Å². The molecule has 1 aromatic rings. The highest BCUT2D eigenvalue weighted by molar-refractivity contribution is 5.62. The van der Waals surface area contributed by atoms with Crippen molar-refractivity contribution >= 4 is 5.70 Å². The van der Waals surface area contributed by atoms with Crippen LogP contribution in [0.15, 0.2) is 30.3 Å². The van der Waals surface area contributed by atoms with Gasteiger partial charge in [-0.1, -0.05) is 19.4 Å². The molecule has 1 rings (SSSR count). The van der Waals surface area contributed by atoms with E-state index < -0.39 is 0 Å². The van der Waals surface area contributed by atoms with Crippen molar-refractivity contribution in [1.29, 1.82) is 0 Å². The zero-order chi connectivity index (χ0) is 11.1. The summed E-state index contributed by atoms with van der Waals surface area (Å²) >= 11 is 0. The van der Waals surface area contributed by atoms with E-state index in [4.69, 9.17) is 4.84 Å². The highest BCUT2D eigenvalue weighted by atomic mass is 19.1. The Morgan fingerprint density at radius 1 is 1.40 bits per heavy atom. The first-order valence-electron chi connectivity index (χ1n) is 5.03. The Kier molecular flexibility index (Phi) is 4.84. The molecule has 1 N–H and O–H groups in total. The maximum absolute atomic E-state index is 12.7. The zero-order valence-corrected chi connectivity index (χ0v) is 9.09. The molecule has 0 aliphatic heterocycles. The van der Waals surface area contributed by atoms with Gasteiger partial charge in [0.15, 0.2) is 0 Å². The van der Waals surface area contributed by atoms with E-state index >= 15 is 0 Å². The summed E-state index contributed by atoms with van der Waals surface area (Å²) in [5.41, 5.74) is 4.59. The molecule has 0 unspecified atom stereocenters. The highest BCUT2D eigenvalue weighted by Gasteiger charge is 2.00. The van der Waals surface area contributed by atoms with Crippen LogP contribution in [0.25, 0.3) is 5.70 Å². The number of nitrogens with one attached hydrogen (secondary N) is 1. The van der Waals surface area contributed by atoms with E-state index in [2.05, 4.69) is 12.4 Å². The molecule has 0 aliphatic rings. The molecule has 2 nitrogen and oxygen atoms in total. The molecule has 0 amide bonds. The first kappa shape index (κ1) is 11.7. The first-order valence-corrected chi connectivity index (χ1v) is 5.03. The Morgan fingerprint density at radius 2 is 2.07 bits per heavy atom. The predicted octanol–water partition coefficient (Wildman–Crippen LogP) is 3.12. The number of halogens is 1. The molecule has 0 radical (unpaired) electrons. The fourth-order valence-electron chi connectivity index (χ4n) is 1.25. The Hall–Kier alpha value is -1.35. The van der Waals surface area contributed by atoms with Crippen LogP contribution in [0.5, 0.6) is 0 Å². The lowest BCUT2D eigenvalue weighted by Gasteiger charge is -2.08. The quantitative estimate of drug-likeness (QED) is 0.752. The highest BCUT2D eigenvalue weighted by Crippen LogP contribution is 2.13. The molecule has 0 heterocycles. The van der Waals surface area contributed by atoms with E-state index in [1.54, 1.807) is 19.2 Å². The second kappa shape index (κ2) is 6.19. The van der Waals surface area contributed by atoms with E-state index in [1.807, 2.05) is 6.08 Å². The summed E-state index contributed by atoms with van der Waals surface area (Å²) in [7, 11) is 1.56. The molecule has 0 fully saturated rings. The van der Waals surface area contributed by atoms with Crippen LogP contribution in [-0.4, -0.2) is 7.11 Å². The van der Waals surface area contributed by atoms with Crippen LogP contribution in [0.1, 0.15) is 25.3 Å². The van der Waals surface area contributed by atoms with Gasteiger partial charge in [0.1, 0.15) is 5.82 Å². The second-order valence-corrected chi connectivity index (χ2v) is 3.22. The van der Waals surface area contributed by atoms with Crippen molar-refractivity contribution in [3.8, 4) is 0 Å². The summed E-state index contributed by atoms with van der Waals surface area (Å²) in [4.78, 5) is 4.87. The summed E-state index contributed by atoms with van der Waals surface area (Å²) < 4.78 is 12.7. The van der Waals surface area contributed by atoms with Crippen molar-refractivity contribution in [2.75, 3.05) is 7.11 Å². The Balaban J connectivity index is 2.83. The predicted molar refractivity (Wildman–Crippen MR) is 59.4 cm³/mol. The van der Waals surface area contributed by atoms with Crippen molar-refractivity contribution in [2.24, 2.45) is 0 Å². The molecule has 1 aromatic carbocycles. The Bertz CT molecular complexity index is 319. The Morgan fingerprint density at radius 3 is 2.60 bits per heavy atom. The van der Waals surface area contributed by atoms with Crippen LogP contribution in [0.3, 0.4) is 0 Å². The maximum Gasteiger partial charge on any atom is 0.123 e. The van der Waals surface area contributed by atoms with Gasteiger partial charge in [-0.05, 0) is 36.2 Å². The normalized spacial score (nSPS) is 11.5. The van der Waals surface area contributed by atoms with Gasteiger partial charge in [-0.2, -0.15) is 0 Å². The molecule has 0 atom stereocenters. The van der Waals surface area contributed by atoms with Crippen LogP contribution in [0.2, 0.25) is 0 Å². The van der Waals surface area contributed by atoms with Crippen LogP contribution < -0.4 is 5.48 Å². The van der Waals surface area contributed by atoms with E-state index in [0.29, 0.717) is 0 Å². The first-order chi connectivity index (χ1) is 7.27. The van der Waals surface area contributed by atoms with E-state index in [-0.39, 0.29) is 5.82 Å². The van der Waals surface area contributed by atoms with E-state index in [1.165, 1.54) is 12.1 Å². The number of hydrogen-bond acceptors (Lipinski definition) is 2. The summed E-state index contributed by atoms with van der Waals surface area (Å²) in [6.45, 7) is 2.10. The number of unbranched alkanes of at least 4 members (excludes halogenated alkanes) is 1. The van der Waals surface area contributed by atoms with Crippen LogP contribution in [-0.2, 0) is 4.84 Å². The Labute approximate surface area is 89.7 Å². The van der Waals surface area contributed by atoms with Gasteiger partial charge in [0.2, 0.25) is 0 Å². The third kappa shape index (κ3) is 3.72. The molecule has 15 heavy (non-hydrogen) atoms. The minimum Gasteiger partial charge on any atom is -0.279 e. The minimum absolute atomic E-state index is 0.231. The van der Waals surface area contributed by atoms with Gasteiger partial charge in [0, 0.05) is 0 Å². The molecular weight excluding hydrogens is 193 g/mol. The fraction of sp³-hybridized carbons (Fsp3) is 0.333. The van der Waals surface area contributed by atoms with Gasteiger partial charge >= 0.3 is 0 Å². The molecular formula is C12H16FNO. The topological polar surface area (TPSA) is 21.3 Å². The molecule has 0 aliphatic carbocycles. The molecule has 0 aromatic heterocycles. The lowest BCUT2D eigenvalue weighted by atomic mass is 10.1. The minimum atomic E-state index is -0.231. The van der Waals surface area contributed by atoms with Gasteiger partial charge in [-0.15, -0.1) is 0 Å². The standard InChI is InChI=1S/C12H16FNO/c1-3-4-5-12(14-15-2)10-6-8-11(13)9-7-10/h5-9,14H,3-4H2,1-2H3. The van der Waals surface area contributed by atoms with Crippen LogP contribution >= 0.6 is 0 Å². The third-order valence-corrected chi connectivity index (χ3v) is 2.00. The summed E-state index contributed by atoms with van der Waals surface area (Å²) in [6, 6.07) is 6.32. The van der Waals surface area contributed by atoms with Crippen molar-refractivity contribution < 1.29 is 9.23 Å². The molecule has 82 valence electrons. The monoisotopic (exact) mass is 209 g/mol. The zero-order valence-electron chi connectivity index (χ0n) is 9.09. The largest absolute Gasteiger partial charge is 0.279 e. The smallest absolute Gasteiger partial charge is 0.123 e. The van der Waals surface area contributed by atoms with Gasteiger partial charge in [-0.25, -0.2) is 4.39 Å². The second-order valence-electron chi connectivity index (χ2n) is 3.22. The van der Waals surface area contributed by atoms with Crippen molar-refractivity contribution in [1.82, 2.24) is 5.48 Å². The molecule has 0 bridgehead atoms. The molecule has 0 spiro atoms. The maximum atomic E-state index is 12.7. The average Bonchev–Trinajstić information content (AvgIpc) is 2.25. The van der Waals surface area contributed by atoms with Gasteiger partial charge in [0.25, 0.3) is 0 Å². The van der Waals surface area contributed by atoms with E-state index in [0.717, 1.165) is 24.1 Å². The summed E-state index contributed by atoms with van der Waals surface area (Å²) in [5.74, 6) is -0.231. The lowest BCUT2D eigenvalue weighted by molar-refractivity contribution is 0.136. The summed E-state index contributed by atoms with van der Waals surface area (Å²) in [6.07, 6.45) is 4.07. The van der Waals surface area contributed by atoms with Crippen molar-refractivity contribution in [3.63, 3.8) is 0 Å². The molecule has 0 saturated heterocycles. The van der Waals surface area contributed by atoms with Gasteiger partial charge in [0.05, 0.1) is 12.8 Å². The lowest BCUT2D eigenvalue weighted by Crippen LogP contribution is -2.10. The van der Waals surface area contributed by atoms with Crippen molar-refractivity contribution in [3.05, 3.63) is 41.7 Å². The average molecular weight is 209 g/mol. The summed E-state index contributed by atoms with van der Waals surface area (Å²) in [5, 5.41) is 0. The fourth-order valence-corrected chi connectivity index (χ4v) is 1.25.